The van der Waals surface area contributed by atoms with Gasteiger partial charge in [-0.25, -0.2) is 9.59 Å². The molecule has 0 radical (unpaired) electrons. The molecule has 0 amide bonds. The fourth-order valence-corrected chi connectivity index (χ4v) is 5.97. The lowest BCUT2D eigenvalue weighted by Gasteiger charge is -2.19. The number of carbonyl (C=O) groups is 2. The Balaban J connectivity index is 1.20. The van der Waals surface area contributed by atoms with Crippen molar-refractivity contribution in [3.8, 4) is 44.9 Å². The summed E-state index contributed by atoms with van der Waals surface area (Å²) in [6.45, 7) is 12.3. The minimum Gasteiger partial charge on any atom is -0.494 e. The van der Waals surface area contributed by atoms with Crippen molar-refractivity contribution in [2.45, 2.75) is 64.6 Å². The van der Waals surface area contributed by atoms with E-state index in [0.717, 1.165) is 60.6 Å². The lowest BCUT2D eigenvalue weighted by molar-refractivity contribution is -0.158. The van der Waals surface area contributed by atoms with Crippen LogP contribution in [-0.4, -0.2) is 31.4 Å². The van der Waals surface area contributed by atoms with Crippen LogP contribution in [0.1, 0.15) is 69.4 Å². The largest absolute Gasteiger partial charge is 0.494 e. The third kappa shape index (κ3) is 8.62. The maximum atomic E-state index is 11.8. The van der Waals surface area contributed by atoms with Crippen LogP contribution in [0.25, 0.3) is 33.4 Å². The summed E-state index contributed by atoms with van der Waals surface area (Å²) in [7, 11) is 0. The maximum Gasteiger partial charge on any atom is 0.333 e. The molecule has 4 aromatic rings. The molecule has 0 N–H and O–H groups in total. The van der Waals surface area contributed by atoms with Crippen LogP contribution in [0.4, 0.5) is 0 Å². The molecule has 0 saturated heterocycles. The van der Waals surface area contributed by atoms with Crippen molar-refractivity contribution >= 4 is 11.9 Å². The molecule has 5 rings (SSSR count). The van der Waals surface area contributed by atoms with Gasteiger partial charge in [0, 0.05) is 24.5 Å². The molecule has 0 spiro atoms. The summed E-state index contributed by atoms with van der Waals surface area (Å²) in [4.78, 5) is 22.9. The van der Waals surface area contributed by atoms with Crippen LogP contribution in [0.5, 0.6) is 11.5 Å². The van der Waals surface area contributed by atoms with E-state index >= 15 is 0 Å². The number of ether oxygens (including phenoxy) is 4. The molecule has 1 aliphatic carbocycles. The third-order valence-corrected chi connectivity index (χ3v) is 8.65. The van der Waals surface area contributed by atoms with E-state index in [1.807, 2.05) is 36.4 Å². The van der Waals surface area contributed by atoms with E-state index in [-0.39, 0.29) is 11.9 Å². The van der Waals surface area contributed by atoms with Crippen molar-refractivity contribution < 1.29 is 28.5 Å². The zero-order valence-electron chi connectivity index (χ0n) is 27.9. The van der Waals surface area contributed by atoms with Crippen molar-refractivity contribution in [2.24, 2.45) is 0 Å². The Hall–Kier alpha value is -5.10. The summed E-state index contributed by atoms with van der Waals surface area (Å²) >= 11 is 0. The van der Waals surface area contributed by atoms with Gasteiger partial charge in [0.25, 0.3) is 0 Å². The van der Waals surface area contributed by atoms with Gasteiger partial charge < -0.3 is 18.9 Å². The summed E-state index contributed by atoms with van der Waals surface area (Å²) in [5.41, 5.74) is 9.78. The molecule has 6 heteroatoms. The molecule has 48 heavy (non-hydrogen) atoms. The van der Waals surface area contributed by atoms with Crippen LogP contribution in [0.15, 0.2) is 110 Å². The van der Waals surface area contributed by atoms with Gasteiger partial charge in [0.05, 0.1) is 13.2 Å². The van der Waals surface area contributed by atoms with E-state index in [0.29, 0.717) is 25.4 Å². The molecule has 0 heterocycles. The highest BCUT2D eigenvalue weighted by Crippen LogP contribution is 2.47. The van der Waals surface area contributed by atoms with Crippen molar-refractivity contribution in [1.29, 1.82) is 0 Å². The number of esters is 2. The predicted molar refractivity (Wildman–Crippen MR) is 191 cm³/mol. The average molecular weight is 645 g/mol. The molecule has 0 aliphatic heterocycles. The SMILES string of the molecule is C=CC(=O)OCCCCCOc1ccc(-c2ccc3c(c2)C(C)c2cc(-c4ccc(OC(CCCC)OC(=O)C=C)cc4)ccc2-3)cc1. The highest BCUT2D eigenvalue weighted by Gasteiger charge is 2.26. The summed E-state index contributed by atoms with van der Waals surface area (Å²) in [6.07, 6.45) is 6.85. The molecule has 2 unspecified atom stereocenters. The van der Waals surface area contributed by atoms with E-state index < -0.39 is 12.3 Å². The first-order valence-corrected chi connectivity index (χ1v) is 16.8. The molecule has 0 aromatic heterocycles. The minimum atomic E-state index is -0.638. The Kier molecular flexibility index (Phi) is 11.9. The Morgan fingerprint density at radius 2 is 1.23 bits per heavy atom. The second-order valence-corrected chi connectivity index (χ2v) is 12.0. The first kappa shape index (κ1) is 34.2. The molecule has 1 aliphatic rings. The third-order valence-electron chi connectivity index (χ3n) is 8.65. The number of benzene rings is 4. The lowest BCUT2D eigenvalue weighted by Crippen LogP contribution is -2.23. The van der Waals surface area contributed by atoms with Crippen molar-refractivity contribution in [2.75, 3.05) is 13.2 Å². The molecule has 2 atom stereocenters. The second-order valence-electron chi connectivity index (χ2n) is 12.0. The van der Waals surface area contributed by atoms with Gasteiger partial charge in [-0.2, -0.15) is 0 Å². The average Bonchev–Trinajstić information content (AvgIpc) is 3.40. The summed E-state index contributed by atoms with van der Waals surface area (Å²) < 4.78 is 22.3. The van der Waals surface area contributed by atoms with Crippen LogP contribution in [0, 0.1) is 0 Å². The molecule has 248 valence electrons. The van der Waals surface area contributed by atoms with Gasteiger partial charge in [0.1, 0.15) is 11.5 Å². The highest BCUT2D eigenvalue weighted by molar-refractivity contribution is 5.84. The Labute approximate surface area is 284 Å². The molecular formula is C42H44O6. The zero-order valence-corrected chi connectivity index (χ0v) is 27.9. The van der Waals surface area contributed by atoms with E-state index in [2.05, 4.69) is 75.5 Å². The van der Waals surface area contributed by atoms with Crippen molar-refractivity contribution in [3.63, 3.8) is 0 Å². The lowest BCUT2D eigenvalue weighted by atomic mass is 9.94. The van der Waals surface area contributed by atoms with E-state index in [4.69, 9.17) is 18.9 Å². The fourth-order valence-electron chi connectivity index (χ4n) is 5.97. The van der Waals surface area contributed by atoms with Crippen LogP contribution in [-0.2, 0) is 19.1 Å². The molecule has 4 aromatic carbocycles. The number of rotatable bonds is 17. The smallest absolute Gasteiger partial charge is 0.333 e. The molecule has 0 fully saturated rings. The molecule has 6 nitrogen and oxygen atoms in total. The maximum absolute atomic E-state index is 11.8. The van der Waals surface area contributed by atoms with Gasteiger partial charge in [-0.15, -0.1) is 0 Å². The molecular weight excluding hydrogens is 600 g/mol. The van der Waals surface area contributed by atoms with Gasteiger partial charge in [-0.05, 0) is 107 Å². The minimum absolute atomic E-state index is 0.263. The van der Waals surface area contributed by atoms with Crippen LogP contribution in [0.2, 0.25) is 0 Å². The normalized spacial score (nSPS) is 13.5. The standard InChI is InChI=1S/C42H44O6/c1-5-8-12-42(48-41(44)7-3)47-35-21-15-31(16-22-35)33-18-24-37-36-23-17-32(27-38(36)29(4)39(37)28-33)30-13-19-34(20-14-30)45-25-10-9-11-26-46-40(43)6-2/h6-7,13-24,27-29,42H,2-3,5,8-12,25-26H2,1,4H3. The quantitative estimate of drug-likeness (QED) is 0.0493. The summed E-state index contributed by atoms with van der Waals surface area (Å²) in [5.74, 6) is 0.905. The number of unbranched alkanes of at least 4 members (excludes halogenated alkanes) is 3. The topological polar surface area (TPSA) is 71.1 Å². The second kappa shape index (κ2) is 16.6. The Morgan fingerprint density at radius 1 is 0.688 bits per heavy atom. The summed E-state index contributed by atoms with van der Waals surface area (Å²) in [5, 5.41) is 0. The van der Waals surface area contributed by atoms with E-state index in [9.17, 15) is 9.59 Å². The van der Waals surface area contributed by atoms with E-state index in [1.54, 1.807) is 0 Å². The van der Waals surface area contributed by atoms with Gasteiger partial charge in [-0.3, -0.25) is 0 Å². The van der Waals surface area contributed by atoms with Crippen LogP contribution in [0.3, 0.4) is 0 Å². The number of carbonyl (C=O) groups excluding carboxylic acids is 2. The van der Waals surface area contributed by atoms with Gasteiger partial charge >= 0.3 is 11.9 Å². The van der Waals surface area contributed by atoms with Crippen molar-refractivity contribution in [1.82, 2.24) is 0 Å². The molecule has 0 bridgehead atoms. The fraction of sp³-hybridized carbons (Fsp3) is 0.286. The van der Waals surface area contributed by atoms with Gasteiger partial charge in [0.15, 0.2) is 0 Å². The first-order valence-electron chi connectivity index (χ1n) is 16.8. The predicted octanol–water partition coefficient (Wildman–Crippen LogP) is 10.1. The monoisotopic (exact) mass is 644 g/mol. The van der Waals surface area contributed by atoms with E-state index in [1.165, 1.54) is 33.9 Å². The van der Waals surface area contributed by atoms with Crippen LogP contribution >= 0.6 is 0 Å². The van der Waals surface area contributed by atoms with Gasteiger partial charge in [0.2, 0.25) is 6.29 Å². The Morgan fingerprint density at radius 3 is 1.79 bits per heavy atom. The Bertz CT molecular complexity index is 1720. The van der Waals surface area contributed by atoms with Gasteiger partial charge in [-0.1, -0.05) is 82.0 Å². The first-order chi connectivity index (χ1) is 23.4. The zero-order chi connectivity index (χ0) is 33.9. The highest BCUT2D eigenvalue weighted by atomic mass is 16.7. The molecule has 0 saturated carbocycles. The van der Waals surface area contributed by atoms with Crippen LogP contribution < -0.4 is 9.47 Å². The van der Waals surface area contributed by atoms with Crippen molar-refractivity contribution in [3.05, 3.63) is 121 Å². The summed E-state index contributed by atoms with van der Waals surface area (Å²) in [6, 6.07) is 29.7. The number of fused-ring (bicyclic) bond motifs is 3. The number of hydrogen-bond acceptors (Lipinski definition) is 6. The number of hydrogen-bond donors (Lipinski definition) is 0.